The summed E-state index contributed by atoms with van der Waals surface area (Å²) in [6, 6.07) is 1.45. The van der Waals surface area contributed by atoms with Gasteiger partial charge in [-0.15, -0.1) is 0 Å². The van der Waals surface area contributed by atoms with Crippen molar-refractivity contribution in [1.29, 1.82) is 0 Å². The number of aliphatic hydroxyl groups excluding tert-OH is 1. The average Bonchev–Trinajstić information content (AvgIpc) is 2.84. The molecule has 0 spiro atoms. The summed E-state index contributed by atoms with van der Waals surface area (Å²) in [6.07, 6.45) is 1.43. The van der Waals surface area contributed by atoms with Gasteiger partial charge in [-0.2, -0.15) is 9.40 Å². The van der Waals surface area contributed by atoms with Gasteiger partial charge in [-0.3, -0.25) is 10.00 Å². The summed E-state index contributed by atoms with van der Waals surface area (Å²) in [6.45, 7) is 2.88. The van der Waals surface area contributed by atoms with Crippen LogP contribution < -0.4 is 0 Å². The van der Waals surface area contributed by atoms with Gasteiger partial charge in [0.2, 0.25) is 0 Å². The molecule has 1 aliphatic rings. The van der Waals surface area contributed by atoms with Gasteiger partial charge in [0.05, 0.1) is 12.8 Å². The van der Waals surface area contributed by atoms with E-state index in [2.05, 4.69) is 10.2 Å². The van der Waals surface area contributed by atoms with Gasteiger partial charge in [-0.05, 0) is 6.07 Å². The molecule has 96 valence electrons. The summed E-state index contributed by atoms with van der Waals surface area (Å²) in [5.74, 6) is 0. The van der Waals surface area contributed by atoms with E-state index in [4.69, 9.17) is 5.11 Å². The van der Waals surface area contributed by atoms with Crippen molar-refractivity contribution in [2.75, 3.05) is 39.3 Å². The van der Waals surface area contributed by atoms with Crippen LogP contribution in [0.5, 0.6) is 0 Å². The van der Waals surface area contributed by atoms with E-state index in [-0.39, 0.29) is 11.6 Å². The lowest BCUT2D eigenvalue weighted by atomic mass is 10.4. The molecule has 0 saturated carbocycles. The Morgan fingerprint density at radius 1 is 1.35 bits per heavy atom. The third-order valence-electron chi connectivity index (χ3n) is 2.84. The molecule has 1 aromatic heterocycles. The number of piperazine rings is 1. The van der Waals surface area contributed by atoms with Gasteiger partial charge in [0.15, 0.2) is 5.03 Å². The minimum atomic E-state index is -3.43. The molecule has 0 bridgehead atoms. The fourth-order valence-corrected chi connectivity index (χ4v) is 3.18. The molecule has 2 rings (SSSR count). The first-order valence-electron chi connectivity index (χ1n) is 5.47. The number of hydrogen-bond donors (Lipinski definition) is 2. The Bertz CT molecular complexity index is 437. The Balaban J connectivity index is 2.01. The smallest absolute Gasteiger partial charge is 0.260 e. The predicted molar refractivity (Wildman–Crippen MR) is 60.9 cm³/mol. The Labute approximate surface area is 100 Å². The number of rotatable bonds is 4. The second-order valence-electron chi connectivity index (χ2n) is 3.89. The van der Waals surface area contributed by atoms with Crippen LogP contribution in [0.4, 0.5) is 0 Å². The van der Waals surface area contributed by atoms with E-state index in [1.165, 1.54) is 16.6 Å². The van der Waals surface area contributed by atoms with Gasteiger partial charge in [-0.1, -0.05) is 0 Å². The highest BCUT2D eigenvalue weighted by Crippen LogP contribution is 2.14. The fourth-order valence-electron chi connectivity index (χ4n) is 1.86. The van der Waals surface area contributed by atoms with Gasteiger partial charge < -0.3 is 5.11 Å². The van der Waals surface area contributed by atoms with Crippen molar-refractivity contribution in [3.05, 3.63) is 12.3 Å². The SMILES string of the molecule is O=S(=O)(c1ccn[nH]1)N1CCN(CCO)CC1. The fraction of sp³-hybridized carbons (Fsp3) is 0.667. The lowest BCUT2D eigenvalue weighted by Gasteiger charge is -2.33. The van der Waals surface area contributed by atoms with E-state index < -0.39 is 10.0 Å². The lowest BCUT2D eigenvalue weighted by Crippen LogP contribution is -2.49. The number of aromatic nitrogens is 2. The van der Waals surface area contributed by atoms with E-state index >= 15 is 0 Å². The quantitative estimate of drug-likeness (QED) is 0.703. The normalized spacial score (nSPS) is 19.6. The van der Waals surface area contributed by atoms with Crippen molar-refractivity contribution < 1.29 is 13.5 Å². The number of β-amino-alcohol motifs (C(OH)–C–C–N with tert-alkyl or cyclic N) is 1. The maximum atomic E-state index is 12.1. The summed E-state index contributed by atoms with van der Waals surface area (Å²) in [4.78, 5) is 2.04. The molecule has 1 aromatic rings. The Morgan fingerprint density at radius 2 is 2.06 bits per heavy atom. The number of hydrogen-bond acceptors (Lipinski definition) is 5. The minimum absolute atomic E-state index is 0.104. The lowest BCUT2D eigenvalue weighted by molar-refractivity contribution is 0.151. The number of nitrogens with zero attached hydrogens (tertiary/aromatic N) is 3. The molecular weight excluding hydrogens is 244 g/mol. The zero-order chi connectivity index (χ0) is 12.3. The molecule has 1 saturated heterocycles. The highest BCUT2D eigenvalue weighted by Gasteiger charge is 2.28. The molecule has 0 aliphatic carbocycles. The van der Waals surface area contributed by atoms with Crippen molar-refractivity contribution >= 4 is 10.0 Å². The molecular formula is C9H16N4O3S. The molecule has 0 atom stereocenters. The number of aliphatic hydroxyl groups is 1. The molecule has 1 fully saturated rings. The topological polar surface area (TPSA) is 89.5 Å². The molecule has 8 heteroatoms. The van der Waals surface area contributed by atoms with Gasteiger partial charge in [0.1, 0.15) is 0 Å². The van der Waals surface area contributed by atoms with Gasteiger partial charge in [0, 0.05) is 32.7 Å². The van der Waals surface area contributed by atoms with Crippen LogP contribution in [-0.2, 0) is 10.0 Å². The van der Waals surface area contributed by atoms with Crippen LogP contribution >= 0.6 is 0 Å². The molecule has 17 heavy (non-hydrogen) atoms. The van der Waals surface area contributed by atoms with E-state index in [1.807, 2.05) is 4.90 Å². The standard InChI is InChI=1S/C9H16N4O3S/c14-8-7-12-3-5-13(6-4-12)17(15,16)9-1-2-10-11-9/h1-2,14H,3-8H2,(H,10,11). The van der Waals surface area contributed by atoms with E-state index in [0.29, 0.717) is 32.7 Å². The predicted octanol–water partition coefficient (Wildman–Crippen LogP) is -1.29. The van der Waals surface area contributed by atoms with Crippen molar-refractivity contribution in [2.24, 2.45) is 0 Å². The van der Waals surface area contributed by atoms with Crippen LogP contribution in [0.15, 0.2) is 17.3 Å². The third kappa shape index (κ3) is 2.65. The zero-order valence-electron chi connectivity index (χ0n) is 9.41. The maximum Gasteiger partial charge on any atom is 0.260 e. The number of nitrogens with one attached hydrogen (secondary N) is 1. The summed E-state index contributed by atoms with van der Waals surface area (Å²) >= 11 is 0. The van der Waals surface area contributed by atoms with Crippen molar-refractivity contribution in [3.8, 4) is 0 Å². The van der Waals surface area contributed by atoms with Crippen LogP contribution in [0.3, 0.4) is 0 Å². The molecule has 0 aromatic carbocycles. The van der Waals surface area contributed by atoms with Crippen LogP contribution in [0, 0.1) is 0 Å². The van der Waals surface area contributed by atoms with Crippen LogP contribution in [0.2, 0.25) is 0 Å². The largest absolute Gasteiger partial charge is 0.395 e. The average molecular weight is 260 g/mol. The second-order valence-corrected chi connectivity index (χ2v) is 5.80. The molecule has 2 heterocycles. The van der Waals surface area contributed by atoms with Crippen LogP contribution in [0.1, 0.15) is 0 Å². The summed E-state index contributed by atoms with van der Waals surface area (Å²) < 4.78 is 25.6. The number of aromatic amines is 1. The van der Waals surface area contributed by atoms with Crippen molar-refractivity contribution in [3.63, 3.8) is 0 Å². The maximum absolute atomic E-state index is 12.1. The molecule has 0 amide bonds. The molecule has 7 nitrogen and oxygen atoms in total. The molecule has 0 unspecified atom stereocenters. The summed E-state index contributed by atoms with van der Waals surface area (Å²) in [5, 5.41) is 15.1. The monoisotopic (exact) mass is 260 g/mol. The van der Waals surface area contributed by atoms with Crippen LogP contribution in [-0.4, -0.2) is 72.3 Å². The van der Waals surface area contributed by atoms with Gasteiger partial charge >= 0.3 is 0 Å². The second kappa shape index (κ2) is 5.13. The number of sulfonamides is 1. The molecule has 2 N–H and O–H groups in total. The summed E-state index contributed by atoms with van der Waals surface area (Å²) in [5.41, 5.74) is 0. The zero-order valence-corrected chi connectivity index (χ0v) is 10.2. The molecule has 1 aliphatic heterocycles. The van der Waals surface area contributed by atoms with E-state index in [9.17, 15) is 8.42 Å². The van der Waals surface area contributed by atoms with E-state index in [0.717, 1.165) is 0 Å². The minimum Gasteiger partial charge on any atom is -0.395 e. The van der Waals surface area contributed by atoms with Gasteiger partial charge in [-0.25, -0.2) is 8.42 Å². The van der Waals surface area contributed by atoms with Crippen molar-refractivity contribution in [2.45, 2.75) is 5.03 Å². The van der Waals surface area contributed by atoms with Crippen molar-refractivity contribution in [1.82, 2.24) is 19.4 Å². The van der Waals surface area contributed by atoms with Crippen LogP contribution in [0.25, 0.3) is 0 Å². The van der Waals surface area contributed by atoms with Gasteiger partial charge in [0.25, 0.3) is 10.0 Å². The highest BCUT2D eigenvalue weighted by molar-refractivity contribution is 7.89. The molecule has 0 radical (unpaired) electrons. The summed E-state index contributed by atoms with van der Waals surface area (Å²) in [7, 11) is -3.43. The highest BCUT2D eigenvalue weighted by atomic mass is 32.2. The Morgan fingerprint density at radius 3 is 2.59 bits per heavy atom. The first kappa shape index (κ1) is 12.5. The first-order chi connectivity index (χ1) is 8.14. The van der Waals surface area contributed by atoms with E-state index in [1.54, 1.807) is 0 Å². The third-order valence-corrected chi connectivity index (χ3v) is 4.67. The Kier molecular flexibility index (Phi) is 3.77. The first-order valence-corrected chi connectivity index (χ1v) is 6.91. The number of H-pyrrole nitrogens is 1. The Hall–Kier alpha value is -0.960.